The molecule has 0 saturated carbocycles. The molecule has 0 saturated heterocycles. The summed E-state index contributed by atoms with van der Waals surface area (Å²) in [6.45, 7) is 8.21. The number of aryl methyl sites for hydroxylation is 1. The maximum atomic E-state index is 12.3. The first-order chi connectivity index (χ1) is 15.6. The molecule has 4 aromatic heterocycles. The second kappa shape index (κ2) is 7.16. The van der Waals surface area contributed by atoms with Gasteiger partial charge in [0.15, 0.2) is 16.9 Å². The van der Waals surface area contributed by atoms with Crippen LogP contribution in [0.4, 0.5) is 10.7 Å². The number of fused-ring (bicyclic) bond motifs is 2. The van der Waals surface area contributed by atoms with Gasteiger partial charge in [0.25, 0.3) is 0 Å². The normalized spacial score (nSPS) is 12.1. The number of rotatable bonds is 3. The zero-order valence-electron chi connectivity index (χ0n) is 18.7. The summed E-state index contributed by atoms with van der Waals surface area (Å²) >= 11 is 0. The summed E-state index contributed by atoms with van der Waals surface area (Å²) in [5, 5.41) is 19.5. The molecule has 33 heavy (non-hydrogen) atoms. The van der Waals surface area contributed by atoms with Crippen LogP contribution in [0.3, 0.4) is 0 Å². The largest absolute Gasteiger partial charge is 0.464 e. The molecule has 3 N–H and O–H groups in total. The van der Waals surface area contributed by atoms with Crippen LogP contribution in [0, 0.1) is 6.92 Å². The topological polar surface area (TPSA) is 138 Å². The highest BCUT2D eigenvalue weighted by molar-refractivity contribution is 5.93. The Labute approximate surface area is 188 Å². The van der Waals surface area contributed by atoms with Crippen molar-refractivity contribution in [1.82, 2.24) is 29.5 Å². The highest BCUT2D eigenvalue weighted by Crippen LogP contribution is 2.33. The maximum Gasteiger partial charge on any atom is 0.416 e. The van der Waals surface area contributed by atoms with E-state index in [1.54, 1.807) is 23.1 Å². The molecule has 0 spiro atoms. The Bertz CT molecular complexity index is 1520. The summed E-state index contributed by atoms with van der Waals surface area (Å²) in [6.07, 6.45) is 0.510. The molecule has 168 valence electrons. The van der Waals surface area contributed by atoms with Crippen LogP contribution in [0.25, 0.3) is 33.5 Å². The van der Waals surface area contributed by atoms with Crippen molar-refractivity contribution in [3.63, 3.8) is 0 Å². The van der Waals surface area contributed by atoms with Gasteiger partial charge in [0.05, 0.1) is 18.3 Å². The fourth-order valence-corrected chi connectivity index (χ4v) is 4.20. The average molecular weight is 445 g/mol. The Balaban J connectivity index is 1.72. The number of aromatic nitrogens is 6. The minimum atomic E-state index is -1.03. The fraction of sp³-hybridized carbons (Fsp3) is 0.261. The van der Waals surface area contributed by atoms with E-state index in [4.69, 9.17) is 10.2 Å². The molecule has 0 aliphatic heterocycles. The van der Waals surface area contributed by atoms with Crippen molar-refractivity contribution < 1.29 is 14.3 Å². The average Bonchev–Trinajstić information content (AvgIpc) is 3.45. The van der Waals surface area contributed by atoms with Crippen LogP contribution >= 0.6 is 0 Å². The molecular weight excluding hydrogens is 422 g/mol. The van der Waals surface area contributed by atoms with Crippen molar-refractivity contribution in [2.24, 2.45) is 0 Å². The van der Waals surface area contributed by atoms with E-state index in [0.717, 1.165) is 16.5 Å². The number of furan rings is 1. The monoisotopic (exact) mass is 445 g/mol. The molecule has 0 aliphatic carbocycles. The predicted molar refractivity (Wildman–Crippen MR) is 123 cm³/mol. The first kappa shape index (κ1) is 20.7. The minimum Gasteiger partial charge on any atom is -0.464 e. The van der Waals surface area contributed by atoms with Crippen molar-refractivity contribution in [2.75, 3.05) is 5.73 Å². The Morgan fingerprint density at radius 2 is 2.00 bits per heavy atom. The summed E-state index contributed by atoms with van der Waals surface area (Å²) in [7, 11) is 0. The fourth-order valence-electron chi connectivity index (χ4n) is 4.20. The number of anilines is 1. The molecular formula is C23H23N7O3. The van der Waals surface area contributed by atoms with Crippen molar-refractivity contribution in [1.29, 1.82) is 0 Å². The lowest BCUT2D eigenvalue weighted by atomic mass is 9.92. The molecule has 4 heterocycles. The van der Waals surface area contributed by atoms with E-state index in [1.165, 1.54) is 4.57 Å². The van der Waals surface area contributed by atoms with E-state index >= 15 is 0 Å². The SMILES string of the molecule is Cc1cc(Cn2nnc3c(-c4ccco4)nc(N)nc32)c2c(c1)cc(C(C)(C)C)n2C(=O)O. The molecule has 0 radical (unpaired) electrons. The number of nitrogen functional groups attached to an aromatic ring is 1. The molecule has 5 aromatic rings. The van der Waals surface area contributed by atoms with Gasteiger partial charge in [0.2, 0.25) is 5.95 Å². The van der Waals surface area contributed by atoms with E-state index < -0.39 is 6.09 Å². The smallest absolute Gasteiger partial charge is 0.416 e. The summed E-state index contributed by atoms with van der Waals surface area (Å²) < 4.78 is 8.43. The lowest BCUT2D eigenvalue weighted by Crippen LogP contribution is -2.22. The first-order valence-corrected chi connectivity index (χ1v) is 10.4. The molecule has 0 fully saturated rings. The van der Waals surface area contributed by atoms with Crippen LogP contribution in [-0.4, -0.2) is 40.7 Å². The van der Waals surface area contributed by atoms with Gasteiger partial charge in [-0.1, -0.05) is 37.6 Å². The Morgan fingerprint density at radius 3 is 2.67 bits per heavy atom. The molecule has 0 amide bonds. The van der Waals surface area contributed by atoms with Crippen LogP contribution < -0.4 is 5.73 Å². The van der Waals surface area contributed by atoms with Crippen molar-refractivity contribution in [2.45, 2.75) is 39.7 Å². The number of benzene rings is 1. The molecule has 5 rings (SSSR count). The maximum absolute atomic E-state index is 12.3. The van der Waals surface area contributed by atoms with E-state index in [2.05, 4.69) is 20.3 Å². The number of carboxylic acid groups (broad SMARTS) is 1. The number of nitrogens with zero attached hydrogens (tertiary/aromatic N) is 6. The van der Waals surface area contributed by atoms with E-state index in [1.807, 2.05) is 45.9 Å². The number of hydrogen-bond donors (Lipinski definition) is 2. The van der Waals surface area contributed by atoms with Gasteiger partial charge >= 0.3 is 6.09 Å². The van der Waals surface area contributed by atoms with Gasteiger partial charge < -0.3 is 15.3 Å². The molecule has 0 aliphatic rings. The third-order valence-corrected chi connectivity index (χ3v) is 5.53. The second-order valence-electron chi connectivity index (χ2n) is 9.09. The third kappa shape index (κ3) is 3.39. The van der Waals surface area contributed by atoms with Crippen LogP contribution in [0.1, 0.15) is 37.6 Å². The first-order valence-electron chi connectivity index (χ1n) is 10.4. The van der Waals surface area contributed by atoms with Gasteiger partial charge in [-0.3, -0.25) is 0 Å². The van der Waals surface area contributed by atoms with E-state index in [0.29, 0.717) is 33.8 Å². The van der Waals surface area contributed by atoms with Crippen molar-refractivity contribution in [3.8, 4) is 11.5 Å². The molecule has 10 heteroatoms. The van der Waals surface area contributed by atoms with E-state index in [9.17, 15) is 9.90 Å². The van der Waals surface area contributed by atoms with Gasteiger partial charge in [0, 0.05) is 16.5 Å². The van der Waals surface area contributed by atoms with Gasteiger partial charge in [-0.15, -0.1) is 5.10 Å². The summed E-state index contributed by atoms with van der Waals surface area (Å²) in [5.74, 6) is 0.574. The lowest BCUT2D eigenvalue weighted by molar-refractivity contribution is 0.195. The molecule has 10 nitrogen and oxygen atoms in total. The highest BCUT2D eigenvalue weighted by atomic mass is 16.4. The lowest BCUT2D eigenvalue weighted by Gasteiger charge is -2.20. The van der Waals surface area contributed by atoms with Crippen LogP contribution in [-0.2, 0) is 12.0 Å². The van der Waals surface area contributed by atoms with Crippen LogP contribution in [0.15, 0.2) is 41.0 Å². The molecule has 0 bridgehead atoms. The van der Waals surface area contributed by atoms with Gasteiger partial charge in [-0.25, -0.2) is 19.0 Å². The number of carbonyl (C=O) groups is 1. The highest BCUT2D eigenvalue weighted by Gasteiger charge is 2.26. The zero-order chi connectivity index (χ0) is 23.5. The Hall–Kier alpha value is -4.21. The Morgan fingerprint density at radius 1 is 1.21 bits per heavy atom. The van der Waals surface area contributed by atoms with Gasteiger partial charge in [0.1, 0.15) is 5.69 Å². The predicted octanol–water partition coefficient (Wildman–Crippen LogP) is 4.20. The molecule has 1 aromatic carbocycles. The third-order valence-electron chi connectivity index (χ3n) is 5.53. The van der Waals surface area contributed by atoms with Gasteiger partial charge in [-0.05, 0) is 36.8 Å². The molecule has 0 unspecified atom stereocenters. The second-order valence-corrected chi connectivity index (χ2v) is 9.09. The number of nitrogens with two attached hydrogens (primary N) is 1. The quantitative estimate of drug-likeness (QED) is 0.421. The van der Waals surface area contributed by atoms with Crippen molar-refractivity contribution in [3.05, 3.63) is 53.4 Å². The summed E-state index contributed by atoms with van der Waals surface area (Å²) in [4.78, 5) is 20.9. The van der Waals surface area contributed by atoms with E-state index in [-0.39, 0.29) is 17.9 Å². The standard InChI is InChI=1S/C23H23N7O3/c1-12-8-13-10-16(23(2,3)4)30(22(31)32)19(13)14(9-12)11-29-20-18(27-28-29)17(25-21(24)26-20)15-6-5-7-33-15/h5-10H,11H2,1-4H3,(H,31,32)(H2,24,25,26). The number of hydrogen-bond acceptors (Lipinski definition) is 7. The van der Waals surface area contributed by atoms with Crippen LogP contribution in [0.2, 0.25) is 0 Å². The summed E-state index contributed by atoms with van der Waals surface area (Å²) in [5.41, 5.74) is 10.1. The zero-order valence-corrected chi connectivity index (χ0v) is 18.7. The van der Waals surface area contributed by atoms with Gasteiger partial charge in [-0.2, -0.15) is 4.98 Å². The Kier molecular flexibility index (Phi) is 4.48. The molecule has 0 atom stereocenters. The summed E-state index contributed by atoms with van der Waals surface area (Å²) in [6, 6.07) is 9.40. The van der Waals surface area contributed by atoms with Crippen molar-refractivity contribution >= 4 is 34.1 Å². The minimum absolute atomic E-state index is 0.0655. The van der Waals surface area contributed by atoms with Crippen LogP contribution in [0.5, 0.6) is 0 Å².